The molecule has 1 amide bonds. The van der Waals surface area contributed by atoms with Gasteiger partial charge in [0.1, 0.15) is 17.0 Å². The average molecular weight is 382 g/mol. The number of nitro groups is 1. The highest BCUT2D eigenvalue weighted by molar-refractivity contribution is 6.06. The van der Waals surface area contributed by atoms with E-state index in [4.69, 9.17) is 4.74 Å². The summed E-state index contributed by atoms with van der Waals surface area (Å²) in [6, 6.07) is 7.17. The Labute approximate surface area is 159 Å². The van der Waals surface area contributed by atoms with Crippen LogP contribution in [0.3, 0.4) is 0 Å². The number of amides is 1. The number of hydrogen-bond acceptors (Lipinski definition) is 6. The molecule has 0 unspecified atom stereocenters. The summed E-state index contributed by atoms with van der Waals surface area (Å²) in [7, 11) is 1.38. The predicted molar refractivity (Wildman–Crippen MR) is 104 cm³/mol. The zero-order valence-electron chi connectivity index (χ0n) is 15.6. The van der Waals surface area contributed by atoms with Crippen molar-refractivity contribution in [3.8, 4) is 5.75 Å². The molecule has 2 aromatic heterocycles. The minimum Gasteiger partial charge on any atom is -0.495 e. The Kier molecular flexibility index (Phi) is 5.08. The Morgan fingerprint density at radius 2 is 2.07 bits per heavy atom. The first-order chi connectivity index (χ1) is 13.3. The Bertz CT molecular complexity index is 1150. The fourth-order valence-corrected chi connectivity index (χ4v) is 2.86. The predicted octanol–water partition coefficient (Wildman–Crippen LogP) is 2.89. The summed E-state index contributed by atoms with van der Waals surface area (Å²) in [5.41, 5.74) is 0.596. The number of nitrogens with zero attached hydrogens (tertiary/aromatic N) is 3. The first kappa shape index (κ1) is 19.0. The van der Waals surface area contributed by atoms with Crippen LogP contribution in [0.5, 0.6) is 5.75 Å². The molecule has 0 saturated heterocycles. The van der Waals surface area contributed by atoms with Crippen LogP contribution >= 0.6 is 0 Å². The van der Waals surface area contributed by atoms with E-state index in [1.165, 1.54) is 31.5 Å². The van der Waals surface area contributed by atoms with Gasteiger partial charge in [-0.05, 0) is 32.0 Å². The van der Waals surface area contributed by atoms with Crippen LogP contribution < -0.4 is 15.5 Å². The number of benzene rings is 1. The number of nitrogens with one attached hydrogen (secondary N) is 1. The summed E-state index contributed by atoms with van der Waals surface area (Å²) in [6.45, 7) is 4.20. The number of carbonyl (C=O) groups is 1. The van der Waals surface area contributed by atoms with Gasteiger partial charge in [-0.2, -0.15) is 0 Å². The minimum atomic E-state index is -0.687. The van der Waals surface area contributed by atoms with Gasteiger partial charge in [0.25, 0.3) is 11.6 Å². The van der Waals surface area contributed by atoms with Gasteiger partial charge in [-0.1, -0.05) is 0 Å². The van der Waals surface area contributed by atoms with Crippen molar-refractivity contribution in [2.24, 2.45) is 0 Å². The third kappa shape index (κ3) is 3.41. The number of pyridine rings is 2. The largest absolute Gasteiger partial charge is 0.495 e. The van der Waals surface area contributed by atoms with E-state index in [1.807, 2.05) is 13.8 Å². The summed E-state index contributed by atoms with van der Waals surface area (Å²) < 4.78 is 6.86. The van der Waals surface area contributed by atoms with Gasteiger partial charge in [0.15, 0.2) is 0 Å². The van der Waals surface area contributed by atoms with Crippen molar-refractivity contribution < 1.29 is 14.5 Å². The summed E-state index contributed by atoms with van der Waals surface area (Å²) in [6.07, 6.45) is 1.44. The fourth-order valence-electron chi connectivity index (χ4n) is 2.86. The van der Waals surface area contributed by atoms with Gasteiger partial charge in [-0.3, -0.25) is 19.7 Å². The molecule has 0 fully saturated rings. The van der Waals surface area contributed by atoms with Crippen LogP contribution in [0.4, 0.5) is 11.4 Å². The number of fused-ring (bicyclic) bond motifs is 1. The number of ether oxygens (including phenoxy) is 1. The third-order valence-electron chi connectivity index (χ3n) is 4.29. The molecule has 0 aliphatic rings. The van der Waals surface area contributed by atoms with Crippen LogP contribution in [-0.2, 0) is 6.54 Å². The minimum absolute atomic E-state index is 0.0893. The number of carbonyl (C=O) groups excluding carboxylic acids is 1. The highest BCUT2D eigenvalue weighted by Crippen LogP contribution is 2.29. The normalized spacial score (nSPS) is 10.7. The van der Waals surface area contributed by atoms with Gasteiger partial charge in [0, 0.05) is 30.6 Å². The maximum atomic E-state index is 12.8. The van der Waals surface area contributed by atoms with Crippen molar-refractivity contribution in [1.29, 1.82) is 0 Å². The second-order valence-electron chi connectivity index (χ2n) is 6.08. The maximum Gasteiger partial charge on any atom is 0.271 e. The Balaban J connectivity index is 2.09. The van der Waals surface area contributed by atoms with E-state index in [2.05, 4.69) is 10.3 Å². The van der Waals surface area contributed by atoms with E-state index >= 15 is 0 Å². The van der Waals surface area contributed by atoms with E-state index < -0.39 is 16.3 Å². The van der Waals surface area contributed by atoms with Gasteiger partial charge in [0.2, 0.25) is 5.43 Å². The molecule has 0 atom stereocenters. The Hall–Kier alpha value is -3.75. The van der Waals surface area contributed by atoms with Crippen molar-refractivity contribution in [2.75, 3.05) is 12.4 Å². The zero-order chi connectivity index (χ0) is 20.4. The first-order valence-electron chi connectivity index (χ1n) is 8.50. The monoisotopic (exact) mass is 382 g/mol. The summed E-state index contributed by atoms with van der Waals surface area (Å²) in [4.78, 5) is 40.4. The molecule has 144 valence electrons. The van der Waals surface area contributed by atoms with Gasteiger partial charge >= 0.3 is 0 Å². The molecule has 9 nitrogen and oxygen atoms in total. The fraction of sp³-hybridized carbons (Fsp3) is 0.211. The molecule has 1 aromatic carbocycles. The van der Waals surface area contributed by atoms with Gasteiger partial charge in [0.05, 0.1) is 23.1 Å². The van der Waals surface area contributed by atoms with Crippen LogP contribution in [0.25, 0.3) is 11.0 Å². The van der Waals surface area contributed by atoms with Crippen molar-refractivity contribution in [3.05, 3.63) is 68.1 Å². The SMILES string of the molecule is CCn1cc(C(=O)Nc2cc([N+](=O)[O-])ccc2OC)c(=O)c2ccc(C)nc21. The molecule has 1 N–H and O–H groups in total. The molecular formula is C19H18N4O5. The summed E-state index contributed by atoms with van der Waals surface area (Å²) in [5, 5.41) is 13.9. The molecule has 0 spiro atoms. The molecule has 28 heavy (non-hydrogen) atoms. The zero-order valence-corrected chi connectivity index (χ0v) is 15.6. The van der Waals surface area contributed by atoms with Crippen LogP contribution in [0.1, 0.15) is 23.0 Å². The third-order valence-corrected chi connectivity index (χ3v) is 4.29. The van der Waals surface area contributed by atoms with E-state index in [1.54, 1.807) is 16.7 Å². The lowest BCUT2D eigenvalue weighted by Gasteiger charge is -2.13. The number of non-ortho nitro benzene ring substituents is 1. The Morgan fingerprint density at radius 1 is 1.32 bits per heavy atom. The molecule has 0 aliphatic carbocycles. The van der Waals surface area contributed by atoms with E-state index in [9.17, 15) is 19.7 Å². The molecule has 2 heterocycles. The van der Waals surface area contributed by atoms with Crippen molar-refractivity contribution >= 4 is 28.3 Å². The maximum absolute atomic E-state index is 12.8. The second kappa shape index (κ2) is 7.47. The van der Waals surface area contributed by atoms with Crippen molar-refractivity contribution in [3.63, 3.8) is 0 Å². The van der Waals surface area contributed by atoms with Crippen LogP contribution in [0.15, 0.2) is 41.3 Å². The molecule has 0 radical (unpaired) electrons. The van der Waals surface area contributed by atoms with Gasteiger partial charge in [-0.25, -0.2) is 4.98 Å². The van der Waals surface area contributed by atoms with E-state index in [-0.39, 0.29) is 22.7 Å². The number of methoxy groups -OCH3 is 1. The highest BCUT2D eigenvalue weighted by Gasteiger charge is 2.19. The lowest BCUT2D eigenvalue weighted by atomic mass is 10.1. The van der Waals surface area contributed by atoms with Crippen molar-refractivity contribution in [2.45, 2.75) is 20.4 Å². The standard InChI is InChI=1S/C19H18N4O5/c1-4-22-10-14(17(24)13-7-5-11(2)20-18(13)22)19(25)21-15-9-12(23(26)27)6-8-16(15)28-3/h5-10H,4H2,1-3H3,(H,21,25). The number of rotatable bonds is 5. The van der Waals surface area contributed by atoms with Crippen LogP contribution in [0, 0.1) is 17.0 Å². The lowest BCUT2D eigenvalue weighted by Crippen LogP contribution is -2.24. The molecule has 3 aromatic rings. The summed E-state index contributed by atoms with van der Waals surface area (Å²) in [5.74, 6) is -0.443. The smallest absolute Gasteiger partial charge is 0.271 e. The average Bonchev–Trinajstić information content (AvgIpc) is 2.68. The molecule has 0 bridgehead atoms. The lowest BCUT2D eigenvalue weighted by molar-refractivity contribution is -0.384. The molecule has 9 heteroatoms. The van der Waals surface area contributed by atoms with E-state index in [0.717, 1.165) is 5.69 Å². The second-order valence-corrected chi connectivity index (χ2v) is 6.08. The van der Waals surface area contributed by atoms with Crippen LogP contribution in [0.2, 0.25) is 0 Å². The number of aryl methyl sites for hydroxylation is 2. The number of aromatic nitrogens is 2. The van der Waals surface area contributed by atoms with Crippen molar-refractivity contribution in [1.82, 2.24) is 9.55 Å². The number of anilines is 1. The number of nitro benzene ring substituents is 1. The molecule has 0 saturated carbocycles. The first-order valence-corrected chi connectivity index (χ1v) is 8.50. The quantitative estimate of drug-likeness (QED) is 0.536. The Morgan fingerprint density at radius 3 is 2.71 bits per heavy atom. The van der Waals surface area contributed by atoms with Crippen LogP contribution in [-0.4, -0.2) is 27.5 Å². The molecule has 0 aliphatic heterocycles. The highest BCUT2D eigenvalue weighted by atomic mass is 16.6. The summed E-state index contributed by atoms with van der Waals surface area (Å²) >= 11 is 0. The molecular weight excluding hydrogens is 364 g/mol. The van der Waals surface area contributed by atoms with Gasteiger partial charge in [-0.15, -0.1) is 0 Å². The van der Waals surface area contributed by atoms with Gasteiger partial charge < -0.3 is 14.6 Å². The molecule has 3 rings (SSSR count). The van der Waals surface area contributed by atoms with E-state index in [0.29, 0.717) is 17.6 Å². The number of hydrogen-bond donors (Lipinski definition) is 1. The topological polar surface area (TPSA) is 116 Å².